The van der Waals surface area contributed by atoms with Crippen LogP contribution in [-0.2, 0) is 16.1 Å². The molecule has 7 nitrogen and oxygen atoms in total. The van der Waals surface area contributed by atoms with Gasteiger partial charge in [-0.05, 0) is 30.7 Å². The first kappa shape index (κ1) is 23.8. The van der Waals surface area contributed by atoms with E-state index in [-0.39, 0.29) is 24.6 Å². The van der Waals surface area contributed by atoms with Crippen LogP contribution in [0.2, 0.25) is 0 Å². The van der Waals surface area contributed by atoms with Crippen molar-refractivity contribution in [2.75, 3.05) is 13.7 Å². The molecule has 3 aromatic rings. The third kappa shape index (κ3) is 5.50. The van der Waals surface area contributed by atoms with Crippen LogP contribution in [0, 0.1) is 17.0 Å². The summed E-state index contributed by atoms with van der Waals surface area (Å²) in [7, 11) is 1.46. The molecule has 0 aliphatic heterocycles. The number of carbonyl (C=O) groups excluding carboxylic acids is 1. The largest absolute Gasteiger partial charge is 0.481 e. The van der Waals surface area contributed by atoms with Gasteiger partial charge in [0.15, 0.2) is 6.10 Å². The highest BCUT2D eigenvalue weighted by Crippen LogP contribution is 2.32. The number of aromatic nitrogens is 1. The molecule has 172 valence electrons. The summed E-state index contributed by atoms with van der Waals surface area (Å²) < 4.78 is 40.6. The van der Waals surface area contributed by atoms with Crippen molar-refractivity contribution in [1.82, 2.24) is 10.3 Å². The number of methoxy groups -OCH3 is 1. The van der Waals surface area contributed by atoms with Crippen LogP contribution >= 0.6 is 0 Å². The van der Waals surface area contributed by atoms with Gasteiger partial charge in [0.2, 0.25) is 5.88 Å². The second kappa shape index (κ2) is 10.6. The first-order chi connectivity index (χ1) is 15.8. The van der Waals surface area contributed by atoms with E-state index in [1.165, 1.54) is 19.4 Å². The fourth-order valence-electron chi connectivity index (χ4n) is 3.23. The zero-order valence-corrected chi connectivity index (χ0v) is 18.2. The highest BCUT2D eigenvalue weighted by atomic mass is 19.1. The smallest absolute Gasteiger partial charge is 0.254 e. The first-order valence-electron chi connectivity index (χ1n) is 10.2. The van der Waals surface area contributed by atoms with E-state index >= 15 is 4.39 Å². The Labute approximate surface area is 190 Å². The Balaban J connectivity index is 1.86. The maximum Gasteiger partial charge on any atom is 0.254 e. The summed E-state index contributed by atoms with van der Waals surface area (Å²) in [5, 5.41) is 10.1. The van der Waals surface area contributed by atoms with Crippen LogP contribution in [0.4, 0.5) is 8.78 Å². The number of nitrogens with zero attached hydrogens (tertiary/aromatic N) is 1. The van der Waals surface area contributed by atoms with Gasteiger partial charge in [0, 0.05) is 42.1 Å². The fraction of sp³-hybridized carbons (Fsp3) is 0.208. The predicted octanol–water partition coefficient (Wildman–Crippen LogP) is 3.71. The van der Waals surface area contributed by atoms with Gasteiger partial charge in [-0.1, -0.05) is 24.3 Å². The molecule has 4 N–H and O–H groups in total. The molecule has 1 aromatic heterocycles. The Morgan fingerprint density at radius 1 is 1.15 bits per heavy atom. The number of carbonyl (C=O) groups is 1. The van der Waals surface area contributed by atoms with Crippen LogP contribution in [0.25, 0.3) is 11.1 Å². The van der Waals surface area contributed by atoms with E-state index in [9.17, 15) is 9.18 Å². The maximum absolute atomic E-state index is 15.4. The lowest BCUT2D eigenvalue weighted by Gasteiger charge is -2.20. The molecule has 1 amide bonds. The van der Waals surface area contributed by atoms with E-state index in [1.54, 1.807) is 43.3 Å². The first-order valence-corrected chi connectivity index (χ1v) is 10.2. The highest BCUT2D eigenvalue weighted by molar-refractivity contribution is 5.94. The fourth-order valence-corrected chi connectivity index (χ4v) is 3.23. The number of ether oxygens (including phenoxy) is 2. The second-order valence-corrected chi connectivity index (χ2v) is 7.08. The van der Waals surface area contributed by atoms with Crippen molar-refractivity contribution in [3.8, 4) is 17.0 Å². The zero-order valence-electron chi connectivity index (χ0n) is 18.2. The van der Waals surface area contributed by atoms with Crippen LogP contribution in [0.15, 0.2) is 54.7 Å². The number of nitrogen functional groups attached to an aromatic ring is 1. The van der Waals surface area contributed by atoms with Gasteiger partial charge in [0.25, 0.3) is 5.91 Å². The normalized spacial score (nSPS) is 11.6. The second-order valence-electron chi connectivity index (χ2n) is 7.08. The van der Waals surface area contributed by atoms with Crippen LogP contribution < -0.4 is 15.8 Å². The number of nitrogens with one attached hydrogen (secondary N) is 2. The molecule has 0 aliphatic rings. The van der Waals surface area contributed by atoms with Crippen LogP contribution in [0.5, 0.6) is 5.88 Å². The molecule has 33 heavy (non-hydrogen) atoms. The average Bonchev–Trinajstić information content (AvgIpc) is 2.82. The molecule has 0 saturated heterocycles. The molecule has 1 unspecified atom stereocenters. The lowest BCUT2D eigenvalue weighted by atomic mass is 9.99. The topological polar surface area (TPSA) is 110 Å². The lowest BCUT2D eigenvalue weighted by Crippen LogP contribution is -2.31. The summed E-state index contributed by atoms with van der Waals surface area (Å²) in [6, 6.07) is 12.2. The summed E-state index contributed by atoms with van der Waals surface area (Å²) in [5.41, 5.74) is 6.71. The monoisotopic (exact) mass is 454 g/mol. The summed E-state index contributed by atoms with van der Waals surface area (Å²) >= 11 is 0. The lowest BCUT2D eigenvalue weighted by molar-refractivity contribution is -0.133. The van der Waals surface area contributed by atoms with Crippen molar-refractivity contribution in [1.29, 1.82) is 5.41 Å². The minimum atomic E-state index is -1.49. The van der Waals surface area contributed by atoms with Crippen molar-refractivity contribution >= 4 is 11.7 Å². The van der Waals surface area contributed by atoms with E-state index in [4.69, 9.17) is 20.6 Å². The summed E-state index contributed by atoms with van der Waals surface area (Å²) in [4.78, 5) is 16.9. The molecule has 1 heterocycles. The molecule has 2 aromatic carbocycles. The molecule has 0 saturated carbocycles. The molecule has 3 rings (SSSR count). The van der Waals surface area contributed by atoms with Crippen LogP contribution in [0.1, 0.15) is 29.7 Å². The third-order valence-electron chi connectivity index (χ3n) is 4.95. The molecule has 0 fully saturated rings. The van der Waals surface area contributed by atoms with Gasteiger partial charge in [-0.15, -0.1) is 0 Å². The van der Waals surface area contributed by atoms with Crippen molar-refractivity contribution in [3.63, 3.8) is 0 Å². The van der Waals surface area contributed by atoms with E-state index in [1.807, 2.05) is 0 Å². The Kier molecular flexibility index (Phi) is 7.68. The zero-order chi connectivity index (χ0) is 24.0. The Hall–Kier alpha value is -3.85. The summed E-state index contributed by atoms with van der Waals surface area (Å²) in [6.45, 7) is 1.80. The number of rotatable bonds is 9. The number of nitrogens with two attached hydrogens (primary N) is 1. The van der Waals surface area contributed by atoms with Gasteiger partial charge in [-0.3, -0.25) is 10.2 Å². The molecule has 9 heteroatoms. The number of amides is 1. The standard InChI is InChI=1S/C24H24F2N4O3/c1-3-33-22(24(31)30-12-14-4-6-15(7-5-14)23(27)28)20-18(25)10-9-17(21(20)26)16-8-11-19(32-2)29-13-16/h4-11,13,22H,3,12H2,1-2H3,(H3,27,28)(H,30,31). The molecule has 0 aliphatic carbocycles. The maximum atomic E-state index is 15.4. The molecule has 0 spiro atoms. The summed E-state index contributed by atoms with van der Waals surface area (Å²) in [6.07, 6.45) is -0.0861. The average molecular weight is 454 g/mol. The highest BCUT2D eigenvalue weighted by Gasteiger charge is 2.29. The number of hydrogen-bond acceptors (Lipinski definition) is 5. The molecule has 1 atom stereocenters. The number of pyridine rings is 1. The Morgan fingerprint density at radius 3 is 2.45 bits per heavy atom. The number of halogens is 2. The van der Waals surface area contributed by atoms with Crippen LogP contribution in [0.3, 0.4) is 0 Å². The molecule has 0 bridgehead atoms. The Morgan fingerprint density at radius 2 is 1.88 bits per heavy atom. The third-order valence-corrected chi connectivity index (χ3v) is 4.95. The van der Waals surface area contributed by atoms with Gasteiger partial charge in [0.1, 0.15) is 17.5 Å². The molecular formula is C24H24F2N4O3. The van der Waals surface area contributed by atoms with Gasteiger partial charge in [-0.2, -0.15) is 0 Å². The summed E-state index contributed by atoms with van der Waals surface area (Å²) in [5.74, 6) is -2.20. The van der Waals surface area contributed by atoms with E-state index in [0.29, 0.717) is 17.0 Å². The Bertz CT molecular complexity index is 1140. The van der Waals surface area contributed by atoms with E-state index in [0.717, 1.165) is 11.6 Å². The molecular weight excluding hydrogens is 430 g/mol. The predicted molar refractivity (Wildman–Crippen MR) is 120 cm³/mol. The number of amidine groups is 1. The van der Waals surface area contributed by atoms with Crippen molar-refractivity contribution < 1.29 is 23.0 Å². The quantitative estimate of drug-likeness (QED) is 0.337. The van der Waals surface area contributed by atoms with Gasteiger partial charge in [0.05, 0.1) is 12.7 Å². The van der Waals surface area contributed by atoms with Crippen molar-refractivity contribution in [2.24, 2.45) is 5.73 Å². The van der Waals surface area contributed by atoms with E-state index < -0.39 is 29.2 Å². The van der Waals surface area contributed by atoms with E-state index in [2.05, 4.69) is 10.3 Å². The van der Waals surface area contributed by atoms with Crippen molar-refractivity contribution in [2.45, 2.75) is 19.6 Å². The van der Waals surface area contributed by atoms with Crippen LogP contribution in [-0.4, -0.2) is 30.4 Å². The number of benzene rings is 2. The minimum absolute atomic E-state index is 0.0680. The minimum Gasteiger partial charge on any atom is -0.481 e. The number of hydrogen-bond donors (Lipinski definition) is 3. The van der Waals surface area contributed by atoms with Gasteiger partial charge < -0.3 is 20.5 Å². The SMILES string of the molecule is CCOC(C(=O)NCc1ccc(C(=N)N)cc1)c1c(F)ccc(-c2ccc(OC)nc2)c1F. The van der Waals surface area contributed by atoms with Gasteiger partial charge >= 0.3 is 0 Å². The molecule has 0 radical (unpaired) electrons. The van der Waals surface area contributed by atoms with Gasteiger partial charge in [-0.25, -0.2) is 13.8 Å². The van der Waals surface area contributed by atoms with Crippen molar-refractivity contribution in [3.05, 3.63) is 83.1 Å².